The van der Waals surface area contributed by atoms with Crippen molar-refractivity contribution >= 4 is 16.9 Å². The molecular formula is C18H17NO4. The Morgan fingerprint density at radius 2 is 2.00 bits per heavy atom. The van der Waals surface area contributed by atoms with E-state index in [-0.39, 0.29) is 12.4 Å². The van der Waals surface area contributed by atoms with Gasteiger partial charge in [0.2, 0.25) is 0 Å². The number of nitrogens with one attached hydrogen (secondary N) is 1. The Balaban J connectivity index is 1.94. The third-order valence-electron chi connectivity index (χ3n) is 3.43. The zero-order valence-corrected chi connectivity index (χ0v) is 12.7. The average molecular weight is 311 g/mol. The van der Waals surface area contributed by atoms with Crippen LogP contribution < -0.4 is 4.74 Å². The smallest absolute Gasteiger partial charge is 0.344 e. The quantitative estimate of drug-likeness (QED) is 0.708. The first-order valence-corrected chi connectivity index (χ1v) is 7.37. The van der Waals surface area contributed by atoms with Crippen LogP contribution in [0.2, 0.25) is 0 Å². The number of fused-ring (bicyclic) bond motifs is 1. The molecule has 2 N–H and O–H groups in total. The zero-order valence-electron chi connectivity index (χ0n) is 12.7. The fourth-order valence-corrected chi connectivity index (χ4v) is 2.41. The summed E-state index contributed by atoms with van der Waals surface area (Å²) in [6, 6.07) is 14.6. The lowest BCUT2D eigenvalue weighted by atomic mass is 10.1. The van der Waals surface area contributed by atoms with E-state index in [1.165, 1.54) is 6.07 Å². The van der Waals surface area contributed by atoms with Gasteiger partial charge in [-0.2, -0.15) is 0 Å². The van der Waals surface area contributed by atoms with E-state index < -0.39 is 5.97 Å². The van der Waals surface area contributed by atoms with Gasteiger partial charge in [-0.15, -0.1) is 0 Å². The molecule has 0 aliphatic rings. The molecule has 118 valence electrons. The maximum atomic E-state index is 11.5. The Morgan fingerprint density at radius 1 is 1.17 bits per heavy atom. The highest BCUT2D eigenvalue weighted by molar-refractivity contribution is 5.87. The second-order valence-corrected chi connectivity index (χ2v) is 5.04. The van der Waals surface area contributed by atoms with Gasteiger partial charge in [0.15, 0.2) is 6.61 Å². The molecule has 0 saturated carbocycles. The van der Waals surface area contributed by atoms with E-state index in [4.69, 9.17) is 9.47 Å². The fraction of sp³-hybridized carbons (Fsp3) is 0.167. The highest BCUT2D eigenvalue weighted by atomic mass is 16.6. The van der Waals surface area contributed by atoms with Crippen molar-refractivity contribution in [2.24, 2.45) is 0 Å². The van der Waals surface area contributed by atoms with Crippen molar-refractivity contribution in [2.45, 2.75) is 6.92 Å². The number of benzene rings is 2. The molecule has 2 aromatic carbocycles. The molecule has 3 rings (SSSR count). The Kier molecular flexibility index (Phi) is 4.19. The number of H-pyrrole nitrogens is 1. The molecule has 3 aromatic rings. The molecule has 23 heavy (non-hydrogen) atoms. The first-order valence-electron chi connectivity index (χ1n) is 7.37. The normalized spacial score (nSPS) is 10.7. The van der Waals surface area contributed by atoms with Crippen molar-refractivity contribution in [3.8, 4) is 22.8 Å². The second kappa shape index (κ2) is 6.44. The van der Waals surface area contributed by atoms with Crippen LogP contribution in [-0.4, -0.2) is 29.3 Å². The number of esters is 1. The molecule has 1 heterocycles. The van der Waals surface area contributed by atoms with Crippen LogP contribution in [0.25, 0.3) is 22.2 Å². The molecule has 0 radical (unpaired) electrons. The molecule has 0 atom stereocenters. The summed E-state index contributed by atoms with van der Waals surface area (Å²) in [4.78, 5) is 14.8. The Hall–Kier alpha value is -2.95. The minimum atomic E-state index is -0.428. The van der Waals surface area contributed by atoms with Gasteiger partial charge in [-0.1, -0.05) is 18.2 Å². The van der Waals surface area contributed by atoms with Crippen LogP contribution >= 0.6 is 0 Å². The van der Waals surface area contributed by atoms with Gasteiger partial charge in [-0.3, -0.25) is 0 Å². The number of aromatic nitrogens is 1. The van der Waals surface area contributed by atoms with Crippen LogP contribution in [0.15, 0.2) is 48.5 Å². The summed E-state index contributed by atoms with van der Waals surface area (Å²) in [6.45, 7) is 1.88. The van der Waals surface area contributed by atoms with E-state index in [0.29, 0.717) is 17.9 Å². The van der Waals surface area contributed by atoms with Crippen LogP contribution in [-0.2, 0) is 9.53 Å². The monoisotopic (exact) mass is 311 g/mol. The minimum Gasteiger partial charge on any atom is -0.508 e. The van der Waals surface area contributed by atoms with Gasteiger partial charge in [0, 0.05) is 16.5 Å². The van der Waals surface area contributed by atoms with Crippen LogP contribution in [0.4, 0.5) is 0 Å². The maximum Gasteiger partial charge on any atom is 0.344 e. The molecule has 0 unspecified atom stereocenters. The standard InChI is InChI=1S/C18H17NO4/c1-2-22-18(21)11-23-17-8-7-13(20)10-14(17)16-9-12-5-3-4-6-15(12)19-16/h3-10,19-20H,2,11H2,1H3. The molecular weight excluding hydrogens is 294 g/mol. The molecule has 0 bridgehead atoms. The number of phenolic OH excluding ortho intramolecular Hbond substituents is 1. The van der Waals surface area contributed by atoms with Crippen molar-refractivity contribution in [2.75, 3.05) is 13.2 Å². The lowest BCUT2D eigenvalue weighted by molar-refractivity contribution is -0.145. The molecule has 0 aliphatic carbocycles. The molecule has 5 nitrogen and oxygen atoms in total. The van der Waals surface area contributed by atoms with Gasteiger partial charge in [0.25, 0.3) is 0 Å². The van der Waals surface area contributed by atoms with Crippen molar-refractivity contribution in [1.29, 1.82) is 0 Å². The Bertz CT molecular complexity index is 805. The van der Waals surface area contributed by atoms with E-state index >= 15 is 0 Å². The molecule has 0 aliphatic heterocycles. The predicted octanol–water partition coefficient (Wildman–Crippen LogP) is 3.48. The largest absolute Gasteiger partial charge is 0.508 e. The highest BCUT2D eigenvalue weighted by Crippen LogP contribution is 2.34. The van der Waals surface area contributed by atoms with Gasteiger partial charge >= 0.3 is 5.97 Å². The first kappa shape index (κ1) is 15.0. The second-order valence-electron chi connectivity index (χ2n) is 5.04. The Morgan fingerprint density at radius 3 is 2.78 bits per heavy atom. The maximum absolute atomic E-state index is 11.5. The number of para-hydroxylation sites is 1. The molecule has 0 amide bonds. The van der Waals surface area contributed by atoms with Crippen LogP contribution in [0.1, 0.15) is 6.92 Å². The number of hydrogen-bond acceptors (Lipinski definition) is 4. The summed E-state index contributed by atoms with van der Waals surface area (Å²) < 4.78 is 10.4. The van der Waals surface area contributed by atoms with Gasteiger partial charge in [-0.25, -0.2) is 4.79 Å². The Labute approximate surface area is 133 Å². The van der Waals surface area contributed by atoms with Crippen molar-refractivity contribution in [3.05, 3.63) is 48.5 Å². The molecule has 5 heteroatoms. The molecule has 0 spiro atoms. The summed E-state index contributed by atoms with van der Waals surface area (Å²) in [7, 11) is 0. The van der Waals surface area contributed by atoms with E-state index in [2.05, 4.69) is 4.98 Å². The summed E-state index contributed by atoms with van der Waals surface area (Å²) >= 11 is 0. The van der Waals surface area contributed by atoms with Gasteiger partial charge in [0.1, 0.15) is 11.5 Å². The van der Waals surface area contributed by atoms with Crippen molar-refractivity contribution in [3.63, 3.8) is 0 Å². The lowest BCUT2D eigenvalue weighted by Gasteiger charge is -2.10. The lowest BCUT2D eigenvalue weighted by Crippen LogP contribution is -2.14. The summed E-state index contributed by atoms with van der Waals surface area (Å²) in [5.41, 5.74) is 2.48. The number of hydrogen-bond donors (Lipinski definition) is 2. The van der Waals surface area contributed by atoms with Gasteiger partial charge in [0.05, 0.1) is 12.3 Å². The molecule has 1 aromatic heterocycles. The van der Waals surface area contributed by atoms with Crippen LogP contribution in [0.3, 0.4) is 0 Å². The minimum absolute atomic E-state index is 0.127. The number of aromatic amines is 1. The summed E-state index contributed by atoms with van der Waals surface area (Å²) in [5.74, 6) is 0.202. The summed E-state index contributed by atoms with van der Waals surface area (Å²) in [6.07, 6.45) is 0. The van der Waals surface area contributed by atoms with E-state index in [9.17, 15) is 9.90 Å². The van der Waals surface area contributed by atoms with Crippen LogP contribution in [0.5, 0.6) is 11.5 Å². The van der Waals surface area contributed by atoms with Crippen molar-refractivity contribution in [1.82, 2.24) is 4.98 Å². The number of rotatable bonds is 5. The van der Waals surface area contributed by atoms with Crippen molar-refractivity contribution < 1.29 is 19.4 Å². The number of carbonyl (C=O) groups excluding carboxylic acids is 1. The van der Waals surface area contributed by atoms with E-state index in [1.54, 1.807) is 19.1 Å². The SMILES string of the molecule is CCOC(=O)COc1ccc(O)cc1-c1cc2ccccc2[nH]1. The van der Waals surface area contributed by atoms with E-state index in [0.717, 1.165) is 16.6 Å². The van der Waals surface area contributed by atoms with Gasteiger partial charge < -0.3 is 19.6 Å². The predicted molar refractivity (Wildman–Crippen MR) is 87.5 cm³/mol. The third-order valence-corrected chi connectivity index (χ3v) is 3.43. The van der Waals surface area contributed by atoms with Crippen LogP contribution in [0, 0.1) is 0 Å². The van der Waals surface area contributed by atoms with Gasteiger partial charge in [-0.05, 0) is 37.3 Å². The van der Waals surface area contributed by atoms with E-state index in [1.807, 2.05) is 30.3 Å². The number of carbonyl (C=O) groups is 1. The third kappa shape index (κ3) is 3.29. The topological polar surface area (TPSA) is 71.6 Å². The highest BCUT2D eigenvalue weighted by Gasteiger charge is 2.12. The molecule has 0 fully saturated rings. The number of phenols is 1. The number of aromatic hydroxyl groups is 1. The first-order chi connectivity index (χ1) is 11.2. The fourth-order valence-electron chi connectivity index (χ4n) is 2.41. The zero-order chi connectivity index (χ0) is 16.2. The summed E-state index contributed by atoms with van der Waals surface area (Å²) in [5, 5.41) is 10.8. The average Bonchev–Trinajstić information content (AvgIpc) is 2.98. The molecule has 0 saturated heterocycles. The number of ether oxygens (including phenoxy) is 2.